The van der Waals surface area contributed by atoms with E-state index in [0.29, 0.717) is 5.56 Å². The summed E-state index contributed by atoms with van der Waals surface area (Å²) < 4.78 is 18.5. The second kappa shape index (κ2) is 3.46. The molecule has 70 valence electrons. The van der Waals surface area contributed by atoms with E-state index in [4.69, 9.17) is 4.74 Å². The molecule has 0 amide bonds. The average molecular weight is 180 g/mol. The van der Waals surface area contributed by atoms with E-state index in [1.54, 1.807) is 6.92 Å². The summed E-state index contributed by atoms with van der Waals surface area (Å²) in [5.41, 5.74) is 1.81. The molecule has 1 atom stereocenters. The fraction of sp³-hybridized carbons (Fsp3) is 0.455. The van der Waals surface area contributed by atoms with Gasteiger partial charge in [0.05, 0.1) is 6.10 Å². The topological polar surface area (TPSA) is 9.23 Å². The second-order valence-electron chi connectivity index (χ2n) is 3.51. The molecule has 2 rings (SSSR count). The molecule has 1 aliphatic rings. The summed E-state index contributed by atoms with van der Waals surface area (Å²) in [4.78, 5) is 0. The van der Waals surface area contributed by atoms with Crippen molar-refractivity contribution in [2.45, 2.75) is 25.9 Å². The van der Waals surface area contributed by atoms with Crippen molar-refractivity contribution in [2.24, 2.45) is 0 Å². The highest BCUT2D eigenvalue weighted by Crippen LogP contribution is 2.29. The molecule has 0 aromatic heterocycles. The van der Waals surface area contributed by atoms with Crippen LogP contribution in [0.15, 0.2) is 18.2 Å². The van der Waals surface area contributed by atoms with Crippen LogP contribution in [0, 0.1) is 12.7 Å². The van der Waals surface area contributed by atoms with Crippen LogP contribution in [0.1, 0.15) is 30.1 Å². The van der Waals surface area contributed by atoms with Crippen LogP contribution in [-0.4, -0.2) is 6.61 Å². The van der Waals surface area contributed by atoms with E-state index in [1.165, 1.54) is 6.07 Å². The molecule has 1 fully saturated rings. The highest BCUT2D eigenvalue weighted by atomic mass is 19.1. The van der Waals surface area contributed by atoms with Gasteiger partial charge in [0, 0.05) is 6.61 Å². The van der Waals surface area contributed by atoms with Gasteiger partial charge in [0.1, 0.15) is 5.82 Å². The first-order valence-electron chi connectivity index (χ1n) is 4.65. The molecule has 1 heterocycles. The van der Waals surface area contributed by atoms with Crippen molar-refractivity contribution in [2.75, 3.05) is 6.61 Å². The van der Waals surface area contributed by atoms with Gasteiger partial charge in [0.25, 0.3) is 0 Å². The van der Waals surface area contributed by atoms with Crippen molar-refractivity contribution in [3.63, 3.8) is 0 Å². The van der Waals surface area contributed by atoms with Crippen molar-refractivity contribution >= 4 is 0 Å². The summed E-state index contributed by atoms with van der Waals surface area (Å²) in [7, 11) is 0. The van der Waals surface area contributed by atoms with Crippen molar-refractivity contribution < 1.29 is 9.13 Å². The number of halogens is 1. The molecule has 1 aliphatic heterocycles. The average Bonchev–Trinajstić information content (AvgIpc) is 2.62. The zero-order chi connectivity index (χ0) is 9.26. The quantitative estimate of drug-likeness (QED) is 0.645. The molecule has 0 saturated carbocycles. The molecule has 2 heteroatoms. The summed E-state index contributed by atoms with van der Waals surface area (Å²) in [6.45, 7) is 2.62. The molecule has 1 saturated heterocycles. The van der Waals surface area contributed by atoms with Crippen LogP contribution in [0.5, 0.6) is 0 Å². The zero-order valence-corrected chi connectivity index (χ0v) is 7.72. The van der Waals surface area contributed by atoms with Gasteiger partial charge in [-0.05, 0) is 37.0 Å². The van der Waals surface area contributed by atoms with E-state index in [1.807, 2.05) is 12.1 Å². The lowest BCUT2D eigenvalue weighted by Gasteiger charge is -2.10. The zero-order valence-electron chi connectivity index (χ0n) is 7.72. The van der Waals surface area contributed by atoms with Gasteiger partial charge in [0.15, 0.2) is 0 Å². The molecular weight excluding hydrogens is 167 g/mol. The van der Waals surface area contributed by atoms with Gasteiger partial charge in [-0.1, -0.05) is 12.1 Å². The first-order chi connectivity index (χ1) is 6.27. The summed E-state index contributed by atoms with van der Waals surface area (Å²) in [5.74, 6) is -0.137. The predicted octanol–water partition coefficient (Wildman–Crippen LogP) is 2.99. The Morgan fingerprint density at radius 1 is 1.46 bits per heavy atom. The Labute approximate surface area is 77.5 Å². The van der Waals surface area contributed by atoms with E-state index in [2.05, 4.69) is 0 Å². The van der Waals surface area contributed by atoms with Crippen LogP contribution < -0.4 is 0 Å². The lowest BCUT2D eigenvalue weighted by molar-refractivity contribution is 0.112. The predicted molar refractivity (Wildman–Crippen MR) is 49.1 cm³/mol. The molecular formula is C11H13FO. The Kier molecular flexibility index (Phi) is 2.32. The lowest BCUT2D eigenvalue weighted by Crippen LogP contribution is -1.96. The molecule has 0 bridgehead atoms. The van der Waals surface area contributed by atoms with Crippen LogP contribution in [0.2, 0.25) is 0 Å². The Morgan fingerprint density at radius 3 is 2.92 bits per heavy atom. The maximum absolute atomic E-state index is 12.9. The molecule has 13 heavy (non-hydrogen) atoms. The van der Waals surface area contributed by atoms with Crippen LogP contribution in [0.4, 0.5) is 4.39 Å². The van der Waals surface area contributed by atoms with Crippen LogP contribution in [-0.2, 0) is 4.74 Å². The number of hydrogen-bond acceptors (Lipinski definition) is 1. The Morgan fingerprint density at radius 2 is 2.31 bits per heavy atom. The molecule has 0 aliphatic carbocycles. The number of ether oxygens (including phenoxy) is 1. The minimum absolute atomic E-state index is 0.137. The fourth-order valence-corrected chi connectivity index (χ4v) is 1.71. The normalized spacial score (nSPS) is 22.2. The molecule has 1 aromatic rings. The van der Waals surface area contributed by atoms with Crippen molar-refractivity contribution in [1.29, 1.82) is 0 Å². The van der Waals surface area contributed by atoms with Crippen LogP contribution >= 0.6 is 0 Å². The maximum atomic E-state index is 12.9. The number of benzene rings is 1. The van der Waals surface area contributed by atoms with Crippen molar-refractivity contribution in [3.8, 4) is 0 Å². The molecule has 1 unspecified atom stereocenters. The second-order valence-corrected chi connectivity index (χ2v) is 3.51. The smallest absolute Gasteiger partial charge is 0.126 e. The fourth-order valence-electron chi connectivity index (χ4n) is 1.71. The molecule has 1 nitrogen and oxygen atoms in total. The summed E-state index contributed by atoms with van der Waals surface area (Å²) in [6, 6.07) is 5.22. The van der Waals surface area contributed by atoms with E-state index in [9.17, 15) is 4.39 Å². The van der Waals surface area contributed by atoms with Gasteiger partial charge in [-0.3, -0.25) is 0 Å². The third-order valence-electron chi connectivity index (χ3n) is 2.48. The molecule has 0 N–H and O–H groups in total. The van der Waals surface area contributed by atoms with Crippen LogP contribution in [0.3, 0.4) is 0 Å². The Bertz CT molecular complexity index is 303. The molecule has 0 radical (unpaired) electrons. The molecule has 0 spiro atoms. The minimum atomic E-state index is -0.137. The largest absolute Gasteiger partial charge is 0.374 e. The Balaban J connectivity index is 2.25. The van der Waals surface area contributed by atoms with Crippen molar-refractivity contribution in [1.82, 2.24) is 0 Å². The standard InChI is InChI=1S/C11H13FO/c1-8-7-9(4-5-10(8)12)11-3-2-6-13-11/h4-5,7,11H,2-3,6H2,1H3. The van der Waals surface area contributed by atoms with Gasteiger partial charge >= 0.3 is 0 Å². The van der Waals surface area contributed by atoms with Crippen LogP contribution in [0.25, 0.3) is 0 Å². The minimum Gasteiger partial charge on any atom is -0.374 e. The first kappa shape index (κ1) is 8.70. The third kappa shape index (κ3) is 1.73. The lowest BCUT2D eigenvalue weighted by atomic mass is 10.0. The number of aryl methyl sites for hydroxylation is 1. The summed E-state index contributed by atoms with van der Waals surface area (Å²) >= 11 is 0. The van der Waals surface area contributed by atoms with Gasteiger partial charge < -0.3 is 4.74 Å². The van der Waals surface area contributed by atoms with E-state index >= 15 is 0 Å². The third-order valence-corrected chi connectivity index (χ3v) is 2.48. The first-order valence-corrected chi connectivity index (χ1v) is 4.65. The highest BCUT2D eigenvalue weighted by molar-refractivity contribution is 5.26. The SMILES string of the molecule is Cc1cc(C2CCCO2)ccc1F. The Hall–Kier alpha value is -0.890. The van der Waals surface area contributed by atoms with Crippen molar-refractivity contribution in [3.05, 3.63) is 35.1 Å². The number of rotatable bonds is 1. The maximum Gasteiger partial charge on any atom is 0.126 e. The van der Waals surface area contributed by atoms with E-state index in [0.717, 1.165) is 25.0 Å². The highest BCUT2D eigenvalue weighted by Gasteiger charge is 2.17. The van der Waals surface area contributed by atoms with Gasteiger partial charge in [-0.25, -0.2) is 4.39 Å². The van der Waals surface area contributed by atoms with E-state index < -0.39 is 0 Å². The molecule has 1 aromatic carbocycles. The van der Waals surface area contributed by atoms with E-state index in [-0.39, 0.29) is 11.9 Å². The summed E-state index contributed by atoms with van der Waals surface area (Å²) in [5, 5.41) is 0. The van der Waals surface area contributed by atoms with Gasteiger partial charge in [0.2, 0.25) is 0 Å². The monoisotopic (exact) mass is 180 g/mol. The number of hydrogen-bond donors (Lipinski definition) is 0. The summed E-state index contributed by atoms with van der Waals surface area (Å²) in [6.07, 6.45) is 2.37. The van der Waals surface area contributed by atoms with Gasteiger partial charge in [-0.15, -0.1) is 0 Å². The van der Waals surface area contributed by atoms with Gasteiger partial charge in [-0.2, -0.15) is 0 Å².